The van der Waals surface area contributed by atoms with E-state index in [2.05, 4.69) is 10.1 Å². The Morgan fingerprint density at radius 2 is 1.68 bits per heavy atom. The van der Waals surface area contributed by atoms with Crippen LogP contribution in [0.4, 0.5) is 0 Å². The van der Waals surface area contributed by atoms with Gasteiger partial charge in [-0.05, 0) is 48.5 Å². The zero-order valence-electron chi connectivity index (χ0n) is 15.7. The standard InChI is InChI=1S/C20H19N3O5/c1-13(24)27-17-10-6-15(7-11-17)20(25)23(2)12-18-21-19(22-28-18)14-4-8-16(26-3)9-5-14/h4-11H,12H2,1-3H3. The molecule has 0 bridgehead atoms. The molecule has 0 atom stereocenters. The Labute approximate surface area is 161 Å². The highest BCUT2D eigenvalue weighted by molar-refractivity contribution is 5.94. The van der Waals surface area contributed by atoms with Crippen LogP contribution in [-0.2, 0) is 11.3 Å². The fraction of sp³-hybridized carbons (Fsp3) is 0.200. The van der Waals surface area contributed by atoms with Crippen molar-refractivity contribution >= 4 is 11.9 Å². The van der Waals surface area contributed by atoms with Crippen molar-refractivity contribution in [1.29, 1.82) is 0 Å². The Hall–Kier alpha value is -3.68. The lowest BCUT2D eigenvalue weighted by Crippen LogP contribution is -2.26. The van der Waals surface area contributed by atoms with E-state index in [0.717, 1.165) is 11.3 Å². The van der Waals surface area contributed by atoms with Gasteiger partial charge in [0.2, 0.25) is 11.7 Å². The van der Waals surface area contributed by atoms with Crippen LogP contribution in [0.1, 0.15) is 23.2 Å². The van der Waals surface area contributed by atoms with Crippen LogP contribution in [0.2, 0.25) is 0 Å². The van der Waals surface area contributed by atoms with Crippen LogP contribution in [0.5, 0.6) is 11.5 Å². The van der Waals surface area contributed by atoms with Gasteiger partial charge in [0.15, 0.2) is 0 Å². The van der Waals surface area contributed by atoms with Gasteiger partial charge in [-0.2, -0.15) is 4.98 Å². The highest BCUT2D eigenvalue weighted by Gasteiger charge is 2.16. The van der Waals surface area contributed by atoms with E-state index in [1.807, 2.05) is 12.1 Å². The molecular weight excluding hydrogens is 362 g/mol. The van der Waals surface area contributed by atoms with E-state index in [9.17, 15) is 9.59 Å². The SMILES string of the molecule is COc1ccc(-c2noc(CN(C)C(=O)c3ccc(OC(C)=O)cc3)n2)cc1. The van der Waals surface area contributed by atoms with E-state index in [-0.39, 0.29) is 12.5 Å². The molecule has 28 heavy (non-hydrogen) atoms. The molecule has 0 saturated carbocycles. The number of esters is 1. The van der Waals surface area contributed by atoms with Crippen molar-refractivity contribution in [3.8, 4) is 22.9 Å². The molecule has 2 aromatic carbocycles. The van der Waals surface area contributed by atoms with Crippen molar-refractivity contribution < 1.29 is 23.6 Å². The van der Waals surface area contributed by atoms with Gasteiger partial charge >= 0.3 is 5.97 Å². The number of hydrogen-bond donors (Lipinski definition) is 0. The fourth-order valence-electron chi connectivity index (χ4n) is 2.50. The van der Waals surface area contributed by atoms with E-state index < -0.39 is 5.97 Å². The zero-order chi connectivity index (χ0) is 20.1. The van der Waals surface area contributed by atoms with Crippen LogP contribution >= 0.6 is 0 Å². The Morgan fingerprint density at radius 1 is 1.04 bits per heavy atom. The molecule has 0 fully saturated rings. The predicted molar refractivity (Wildman–Crippen MR) is 99.8 cm³/mol. The minimum Gasteiger partial charge on any atom is -0.497 e. The maximum absolute atomic E-state index is 12.5. The first-order valence-electron chi connectivity index (χ1n) is 8.47. The van der Waals surface area contributed by atoms with Gasteiger partial charge in [-0.15, -0.1) is 0 Å². The lowest BCUT2D eigenvalue weighted by atomic mass is 10.2. The Balaban J connectivity index is 1.65. The first-order valence-corrected chi connectivity index (χ1v) is 8.47. The molecule has 0 aliphatic carbocycles. The quantitative estimate of drug-likeness (QED) is 0.478. The summed E-state index contributed by atoms with van der Waals surface area (Å²) in [5.74, 6) is 1.23. The van der Waals surface area contributed by atoms with Gasteiger partial charge in [-0.1, -0.05) is 5.16 Å². The minimum absolute atomic E-state index is 0.160. The van der Waals surface area contributed by atoms with Crippen LogP contribution in [0, 0.1) is 0 Å². The van der Waals surface area contributed by atoms with Gasteiger partial charge < -0.3 is 18.9 Å². The highest BCUT2D eigenvalue weighted by atomic mass is 16.5. The number of benzene rings is 2. The van der Waals surface area contributed by atoms with Gasteiger partial charge in [0.05, 0.1) is 13.7 Å². The fourth-order valence-corrected chi connectivity index (χ4v) is 2.50. The number of hydrogen-bond acceptors (Lipinski definition) is 7. The maximum Gasteiger partial charge on any atom is 0.308 e. The first kappa shape index (κ1) is 19.1. The van der Waals surface area contributed by atoms with Crippen LogP contribution in [0.15, 0.2) is 53.1 Å². The first-order chi connectivity index (χ1) is 13.5. The molecule has 0 aliphatic rings. The second-order valence-electron chi connectivity index (χ2n) is 6.02. The average molecular weight is 381 g/mol. The molecule has 0 N–H and O–H groups in total. The van der Waals surface area contributed by atoms with Crippen molar-refractivity contribution in [2.24, 2.45) is 0 Å². The lowest BCUT2D eigenvalue weighted by Gasteiger charge is -2.14. The van der Waals surface area contributed by atoms with E-state index >= 15 is 0 Å². The summed E-state index contributed by atoms with van der Waals surface area (Å²) in [6.07, 6.45) is 0. The molecule has 0 aliphatic heterocycles. The number of carbonyl (C=O) groups is 2. The maximum atomic E-state index is 12.5. The highest BCUT2D eigenvalue weighted by Crippen LogP contribution is 2.20. The summed E-state index contributed by atoms with van der Waals surface area (Å²) in [5, 5.41) is 3.95. The van der Waals surface area contributed by atoms with Crippen LogP contribution in [-0.4, -0.2) is 41.1 Å². The second kappa shape index (κ2) is 8.34. The Morgan fingerprint density at radius 3 is 2.29 bits per heavy atom. The largest absolute Gasteiger partial charge is 0.497 e. The van der Waals surface area contributed by atoms with Gasteiger partial charge in [-0.3, -0.25) is 9.59 Å². The lowest BCUT2D eigenvalue weighted by molar-refractivity contribution is -0.131. The number of ether oxygens (including phenoxy) is 2. The van der Waals surface area contributed by atoms with Crippen LogP contribution in [0.25, 0.3) is 11.4 Å². The molecule has 0 radical (unpaired) electrons. The third kappa shape index (κ3) is 4.53. The number of carbonyl (C=O) groups excluding carboxylic acids is 2. The van der Waals surface area contributed by atoms with Gasteiger partial charge in [0.25, 0.3) is 5.91 Å². The van der Waals surface area contributed by atoms with Crippen molar-refractivity contribution in [2.45, 2.75) is 13.5 Å². The number of amides is 1. The molecule has 0 unspecified atom stereocenters. The van der Waals surface area contributed by atoms with Crippen molar-refractivity contribution in [3.63, 3.8) is 0 Å². The molecule has 1 heterocycles. The zero-order valence-corrected chi connectivity index (χ0v) is 15.7. The van der Waals surface area contributed by atoms with Crippen LogP contribution in [0.3, 0.4) is 0 Å². The van der Waals surface area contributed by atoms with Gasteiger partial charge in [0, 0.05) is 25.1 Å². The van der Waals surface area contributed by atoms with E-state index in [1.54, 1.807) is 50.6 Å². The summed E-state index contributed by atoms with van der Waals surface area (Å²) in [4.78, 5) is 29.3. The summed E-state index contributed by atoms with van der Waals surface area (Å²) < 4.78 is 15.3. The summed E-state index contributed by atoms with van der Waals surface area (Å²) in [7, 11) is 3.23. The molecule has 144 valence electrons. The third-order valence-corrected chi connectivity index (χ3v) is 3.90. The number of rotatable bonds is 6. The van der Waals surface area contributed by atoms with Crippen molar-refractivity contribution in [2.75, 3.05) is 14.2 Å². The topological polar surface area (TPSA) is 94.8 Å². The van der Waals surface area contributed by atoms with Gasteiger partial charge in [0.1, 0.15) is 11.5 Å². The number of aromatic nitrogens is 2. The van der Waals surface area contributed by atoms with E-state index in [1.165, 1.54) is 11.8 Å². The molecule has 8 nitrogen and oxygen atoms in total. The summed E-state index contributed by atoms with van der Waals surface area (Å²) in [5.41, 5.74) is 1.24. The molecule has 0 spiro atoms. The third-order valence-electron chi connectivity index (χ3n) is 3.90. The minimum atomic E-state index is -0.416. The summed E-state index contributed by atoms with van der Waals surface area (Å²) >= 11 is 0. The summed E-state index contributed by atoms with van der Waals surface area (Å²) in [6, 6.07) is 13.6. The van der Waals surface area contributed by atoms with Crippen molar-refractivity contribution in [1.82, 2.24) is 15.0 Å². The second-order valence-corrected chi connectivity index (χ2v) is 6.02. The summed E-state index contributed by atoms with van der Waals surface area (Å²) in [6.45, 7) is 1.48. The molecular formula is C20H19N3O5. The number of nitrogens with zero attached hydrogens (tertiary/aromatic N) is 3. The van der Waals surface area contributed by atoms with Crippen molar-refractivity contribution in [3.05, 3.63) is 60.0 Å². The van der Waals surface area contributed by atoms with Crippen LogP contribution < -0.4 is 9.47 Å². The number of methoxy groups -OCH3 is 1. The smallest absolute Gasteiger partial charge is 0.308 e. The molecule has 1 amide bonds. The molecule has 0 saturated heterocycles. The van der Waals surface area contributed by atoms with E-state index in [0.29, 0.717) is 23.0 Å². The molecule has 3 aromatic rings. The monoisotopic (exact) mass is 381 g/mol. The Kier molecular flexibility index (Phi) is 5.69. The average Bonchev–Trinajstić information content (AvgIpc) is 3.16. The Bertz CT molecular complexity index is 964. The molecule has 8 heteroatoms. The van der Waals surface area contributed by atoms with Gasteiger partial charge in [-0.25, -0.2) is 0 Å². The molecule has 1 aromatic heterocycles. The normalized spacial score (nSPS) is 10.4. The molecule has 3 rings (SSSR count). The van der Waals surface area contributed by atoms with E-state index in [4.69, 9.17) is 14.0 Å². The predicted octanol–water partition coefficient (Wildman–Crippen LogP) is 2.94.